The first-order valence-electron chi connectivity index (χ1n) is 8.07. The molecule has 0 saturated carbocycles. The van der Waals surface area contributed by atoms with Gasteiger partial charge in [-0.1, -0.05) is 13.0 Å². The number of ether oxygens (including phenoxy) is 1. The van der Waals surface area contributed by atoms with Gasteiger partial charge in [0.1, 0.15) is 0 Å². The molecule has 0 atom stereocenters. The van der Waals surface area contributed by atoms with E-state index in [1.807, 2.05) is 13.0 Å². The summed E-state index contributed by atoms with van der Waals surface area (Å²) in [7, 11) is 0. The lowest BCUT2D eigenvalue weighted by Gasteiger charge is -2.32. The predicted octanol–water partition coefficient (Wildman–Crippen LogP) is 3.47. The molecule has 1 saturated heterocycles. The van der Waals surface area contributed by atoms with E-state index in [-0.39, 0.29) is 18.2 Å². The van der Waals surface area contributed by atoms with Gasteiger partial charge in [0.15, 0.2) is 11.6 Å². The first kappa shape index (κ1) is 19.2. The van der Waals surface area contributed by atoms with Crippen LogP contribution >= 0.6 is 12.4 Å². The van der Waals surface area contributed by atoms with Crippen molar-refractivity contribution in [2.45, 2.75) is 33.2 Å². The summed E-state index contributed by atoms with van der Waals surface area (Å²) in [5, 5.41) is 3.43. The smallest absolute Gasteiger partial charge is 0.165 e. The average Bonchev–Trinajstić information content (AvgIpc) is 2.49. The number of likely N-dealkylation sites (tertiary alicyclic amines) is 1. The third-order valence-corrected chi connectivity index (χ3v) is 4.09. The van der Waals surface area contributed by atoms with Crippen LogP contribution < -0.4 is 10.1 Å². The number of hydrogen-bond acceptors (Lipinski definition) is 3. The number of nitrogens with zero attached hydrogens (tertiary/aromatic N) is 1. The lowest BCUT2D eigenvalue weighted by molar-refractivity contribution is 0.175. The highest BCUT2D eigenvalue weighted by Gasteiger charge is 2.19. The molecule has 1 heterocycles. The Morgan fingerprint density at radius 3 is 2.59 bits per heavy atom. The fraction of sp³-hybridized carbons (Fsp3) is 0.647. The number of hydrogen-bond donors (Lipinski definition) is 1. The van der Waals surface area contributed by atoms with Crippen molar-refractivity contribution in [3.8, 4) is 5.75 Å². The van der Waals surface area contributed by atoms with Crippen LogP contribution in [0.5, 0.6) is 5.75 Å². The highest BCUT2D eigenvalue weighted by Crippen LogP contribution is 2.22. The Hall–Kier alpha value is -0.840. The fourth-order valence-electron chi connectivity index (χ4n) is 2.87. The van der Waals surface area contributed by atoms with Gasteiger partial charge in [0, 0.05) is 6.54 Å². The van der Waals surface area contributed by atoms with Crippen molar-refractivity contribution in [1.82, 2.24) is 10.2 Å². The molecule has 1 fully saturated rings. The number of rotatable bonds is 7. The van der Waals surface area contributed by atoms with E-state index < -0.39 is 0 Å². The summed E-state index contributed by atoms with van der Waals surface area (Å²) in [6, 6.07) is 5.32. The van der Waals surface area contributed by atoms with Crippen molar-refractivity contribution in [3.63, 3.8) is 0 Å². The van der Waals surface area contributed by atoms with Gasteiger partial charge >= 0.3 is 0 Å². The third-order valence-electron chi connectivity index (χ3n) is 4.09. The van der Waals surface area contributed by atoms with E-state index >= 15 is 0 Å². The van der Waals surface area contributed by atoms with Gasteiger partial charge in [-0.2, -0.15) is 0 Å². The monoisotopic (exact) mass is 330 g/mol. The molecule has 1 aliphatic heterocycles. The first-order valence-corrected chi connectivity index (χ1v) is 8.07. The maximum atomic E-state index is 13.8. The Balaban J connectivity index is 0.00000242. The lowest BCUT2D eigenvalue weighted by atomic mass is 9.96. The van der Waals surface area contributed by atoms with Crippen LogP contribution in [0.1, 0.15) is 32.3 Å². The summed E-state index contributed by atoms with van der Waals surface area (Å²) in [5.74, 6) is 0.889. The number of benzene rings is 1. The van der Waals surface area contributed by atoms with Crippen LogP contribution in [0.4, 0.5) is 4.39 Å². The fourth-order valence-corrected chi connectivity index (χ4v) is 2.87. The second-order valence-corrected chi connectivity index (χ2v) is 5.72. The predicted molar refractivity (Wildman–Crippen MR) is 91.4 cm³/mol. The van der Waals surface area contributed by atoms with E-state index in [1.165, 1.54) is 12.8 Å². The van der Waals surface area contributed by atoms with Gasteiger partial charge in [-0.05, 0) is 69.6 Å². The van der Waals surface area contributed by atoms with Gasteiger partial charge in [-0.25, -0.2) is 4.39 Å². The summed E-state index contributed by atoms with van der Waals surface area (Å²) in [4.78, 5) is 2.41. The quantitative estimate of drug-likeness (QED) is 0.828. The Morgan fingerprint density at radius 1 is 1.27 bits per heavy atom. The van der Waals surface area contributed by atoms with Gasteiger partial charge in [0.25, 0.3) is 0 Å². The second kappa shape index (κ2) is 10.0. The summed E-state index contributed by atoms with van der Waals surface area (Å²) < 4.78 is 19.1. The SMILES string of the molecule is CCNCC1CCN(Cc2ccc(OCC)c(F)c2)CC1.Cl. The van der Waals surface area contributed by atoms with E-state index in [4.69, 9.17) is 4.74 Å². The van der Waals surface area contributed by atoms with E-state index in [1.54, 1.807) is 12.1 Å². The molecular weight excluding hydrogens is 303 g/mol. The summed E-state index contributed by atoms with van der Waals surface area (Å²) in [5.41, 5.74) is 1.03. The van der Waals surface area contributed by atoms with Gasteiger partial charge < -0.3 is 10.1 Å². The molecule has 0 unspecified atom stereocenters. The zero-order chi connectivity index (χ0) is 15.1. The molecule has 22 heavy (non-hydrogen) atoms. The summed E-state index contributed by atoms with van der Waals surface area (Å²) in [6.07, 6.45) is 2.46. The second-order valence-electron chi connectivity index (χ2n) is 5.72. The van der Waals surface area contributed by atoms with E-state index in [0.29, 0.717) is 12.4 Å². The van der Waals surface area contributed by atoms with Crippen LogP contribution in [0.2, 0.25) is 0 Å². The molecule has 0 radical (unpaired) electrons. The molecule has 0 aliphatic carbocycles. The summed E-state index contributed by atoms with van der Waals surface area (Å²) in [6.45, 7) is 9.72. The van der Waals surface area contributed by atoms with E-state index in [9.17, 15) is 4.39 Å². The number of nitrogens with one attached hydrogen (secondary N) is 1. The van der Waals surface area contributed by atoms with Crippen LogP contribution in [-0.4, -0.2) is 37.7 Å². The molecule has 0 spiro atoms. The topological polar surface area (TPSA) is 24.5 Å². The molecule has 0 amide bonds. The molecule has 3 nitrogen and oxygen atoms in total. The molecule has 1 aliphatic rings. The van der Waals surface area contributed by atoms with Crippen LogP contribution in [-0.2, 0) is 6.54 Å². The standard InChI is InChI=1S/C17H27FN2O.ClH/c1-3-19-12-14-7-9-20(10-8-14)13-15-5-6-17(21-4-2)16(18)11-15;/h5-6,11,14,19H,3-4,7-10,12-13H2,1-2H3;1H. The molecule has 1 aromatic rings. The molecule has 2 rings (SSSR count). The molecule has 0 bridgehead atoms. The van der Waals surface area contributed by atoms with E-state index in [2.05, 4.69) is 17.1 Å². The number of halogens is 2. The molecule has 1 aromatic carbocycles. The van der Waals surface area contributed by atoms with Crippen molar-refractivity contribution in [2.75, 3.05) is 32.8 Å². The Morgan fingerprint density at radius 2 is 2.00 bits per heavy atom. The van der Waals surface area contributed by atoms with Crippen molar-refractivity contribution in [3.05, 3.63) is 29.6 Å². The molecular formula is C17H28ClFN2O. The Kier molecular flexibility index (Phi) is 8.76. The van der Waals surface area contributed by atoms with Crippen molar-refractivity contribution >= 4 is 12.4 Å². The van der Waals surface area contributed by atoms with Crippen LogP contribution in [0, 0.1) is 11.7 Å². The van der Waals surface area contributed by atoms with Crippen LogP contribution in [0.25, 0.3) is 0 Å². The molecule has 5 heteroatoms. The largest absolute Gasteiger partial charge is 0.491 e. The van der Waals surface area contributed by atoms with Crippen molar-refractivity contribution in [2.24, 2.45) is 5.92 Å². The zero-order valence-electron chi connectivity index (χ0n) is 13.6. The Labute approximate surface area is 139 Å². The minimum Gasteiger partial charge on any atom is -0.491 e. The van der Waals surface area contributed by atoms with Gasteiger partial charge in [-0.15, -0.1) is 12.4 Å². The normalized spacial score (nSPS) is 16.3. The highest BCUT2D eigenvalue weighted by molar-refractivity contribution is 5.85. The minimum atomic E-state index is -0.253. The van der Waals surface area contributed by atoms with Crippen molar-refractivity contribution < 1.29 is 9.13 Å². The van der Waals surface area contributed by atoms with Crippen LogP contribution in [0.3, 0.4) is 0 Å². The average molecular weight is 331 g/mol. The van der Waals surface area contributed by atoms with Crippen LogP contribution in [0.15, 0.2) is 18.2 Å². The van der Waals surface area contributed by atoms with Crippen molar-refractivity contribution in [1.29, 1.82) is 0 Å². The first-order chi connectivity index (χ1) is 10.2. The Bertz CT molecular complexity index is 437. The van der Waals surface area contributed by atoms with Gasteiger partial charge in [-0.3, -0.25) is 4.90 Å². The molecule has 126 valence electrons. The maximum Gasteiger partial charge on any atom is 0.165 e. The molecule has 0 aromatic heterocycles. The van der Waals surface area contributed by atoms with E-state index in [0.717, 1.165) is 44.2 Å². The lowest BCUT2D eigenvalue weighted by Crippen LogP contribution is -2.36. The molecule has 1 N–H and O–H groups in total. The summed E-state index contributed by atoms with van der Waals surface area (Å²) >= 11 is 0. The third kappa shape index (κ3) is 5.75. The highest BCUT2D eigenvalue weighted by atomic mass is 35.5. The van der Waals surface area contributed by atoms with Gasteiger partial charge in [0.05, 0.1) is 6.61 Å². The van der Waals surface area contributed by atoms with Gasteiger partial charge in [0.2, 0.25) is 0 Å². The minimum absolute atomic E-state index is 0. The zero-order valence-corrected chi connectivity index (χ0v) is 14.4. The number of piperidine rings is 1. The maximum absolute atomic E-state index is 13.8.